The number of aromatic nitrogens is 2. The normalized spacial score (nSPS) is 26.1. The Kier molecular flexibility index (Phi) is 3.70. The first-order chi connectivity index (χ1) is 9.06. The van der Waals surface area contributed by atoms with Crippen LogP contribution in [0.5, 0.6) is 0 Å². The fourth-order valence-electron chi connectivity index (χ4n) is 2.04. The van der Waals surface area contributed by atoms with Crippen LogP contribution in [0.1, 0.15) is 18.2 Å². The van der Waals surface area contributed by atoms with Crippen molar-refractivity contribution in [3.8, 4) is 0 Å². The Morgan fingerprint density at radius 3 is 3.05 bits per heavy atom. The van der Waals surface area contributed by atoms with Gasteiger partial charge >= 0.3 is 5.69 Å². The van der Waals surface area contributed by atoms with E-state index in [1.54, 1.807) is 6.92 Å². The van der Waals surface area contributed by atoms with Crippen molar-refractivity contribution in [3.63, 3.8) is 0 Å². The van der Waals surface area contributed by atoms with Gasteiger partial charge in [0.05, 0.1) is 18.8 Å². The predicted molar refractivity (Wildman–Crippen MR) is 64.6 cm³/mol. The number of aromatic amines is 1. The molecular formula is C10H13N5O4. The van der Waals surface area contributed by atoms with Gasteiger partial charge in [0.25, 0.3) is 5.56 Å². The molecule has 0 aromatic carbocycles. The number of aryl methyl sites for hydroxylation is 1. The predicted octanol–water partition coefficient (Wildman–Crippen LogP) is -0.196. The van der Waals surface area contributed by atoms with Crippen LogP contribution in [-0.2, 0) is 4.74 Å². The quantitative estimate of drug-likeness (QED) is 0.445. The highest BCUT2D eigenvalue weighted by molar-refractivity contribution is 5.02. The molecule has 0 radical (unpaired) electrons. The van der Waals surface area contributed by atoms with Crippen LogP contribution in [-0.4, -0.2) is 33.4 Å². The summed E-state index contributed by atoms with van der Waals surface area (Å²) in [5.74, 6) is 0. The number of nitrogens with one attached hydrogen (secondary N) is 1. The van der Waals surface area contributed by atoms with Crippen molar-refractivity contribution in [2.24, 2.45) is 5.11 Å². The highest BCUT2D eigenvalue weighted by Crippen LogP contribution is 2.30. The molecule has 19 heavy (non-hydrogen) atoms. The van der Waals surface area contributed by atoms with Crippen LogP contribution in [0.2, 0.25) is 0 Å². The van der Waals surface area contributed by atoms with E-state index in [4.69, 9.17) is 15.4 Å². The second-order valence-electron chi connectivity index (χ2n) is 4.32. The number of nitrogens with zero attached hydrogens (tertiary/aromatic N) is 4. The maximum Gasteiger partial charge on any atom is 0.330 e. The topological polar surface area (TPSA) is 133 Å². The molecule has 102 valence electrons. The zero-order valence-corrected chi connectivity index (χ0v) is 10.2. The lowest BCUT2D eigenvalue weighted by molar-refractivity contribution is -0.0280. The smallest absolute Gasteiger partial charge is 0.330 e. The van der Waals surface area contributed by atoms with Gasteiger partial charge in [0.2, 0.25) is 0 Å². The number of H-pyrrole nitrogens is 1. The van der Waals surface area contributed by atoms with E-state index in [9.17, 15) is 9.59 Å². The molecule has 0 aliphatic carbocycles. The minimum atomic E-state index is -0.823. The van der Waals surface area contributed by atoms with Crippen LogP contribution < -0.4 is 11.2 Å². The largest absolute Gasteiger partial charge is 0.394 e. The van der Waals surface area contributed by atoms with Gasteiger partial charge in [-0.2, -0.15) is 0 Å². The molecule has 3 unspecified atom stereocenters. The average molecular weight is 267 g/mol. The first kappa shape index (κ1) is 13.3. The average Bonchev–Trinajstić information content (AvgIpc) is 2.77. The van der Waals surface area contributed by atoms with Crippen molar-refractivity contribution in [3.05, 3.63) is 43.0 Å². The molecule has 2 N–H and O–H groups in total. The van der Waals surface area contributed by atoms with E-state index >= 15 is 0 Å². The van der Waals surface area contributed by atoms with Gasteiger partial charge < -0.3 is 9.84 Å². The lowest BCUT2D eigenvalue weighted by Crippen LogP contribution is -2.36. The maximum atomic E-state index is 11.8. The Labute approximate surface area is 107 Å². The van der Waals surface area contributed by atoms with Crippen molar-refractivity contribution in [1.82, 2.24) is 9.55 Å². The molecule has 3 atom stereocenters. The Hall–Kier alpha value is -2.09. The van der Waals surface area contributed by atoms with Crippen LogP contribution in [0.3, 0.4) is 0 Å². The van der Waals surface area contributed by atoms with Crippen LogP contribution in [0, 0.1) is 6.92 Å². The van der Waals surface area contributed by atoms with Gasteiger partial charge in [-0.05, 0) is 18.9 Å². The maximum absolute atomic E-state index is 11.8. The molecule has 0 saturated carbocycles. The van der Waals surface area contributed by atoms with E-state index in [0.29, 0.717) is 12.0 Å². The van der Waals surface area contributed by atoms with E-state index in [0.717, 1.165) is 0 Å². The molecule has 9 nitrogen and oxygen atoms in total. The zero-order valence-electron chi connectivity index (χ0n) is 10.2. The molecule has 2 heterocycles. The van der Waals surface area contributed by atoms with Crippen LogP contribution in [0.4, 0.5) is 0 Å². The number of azide groups is 1. The third-order valence-electron chi connectivity index (χ3n) is 2.99. The lowest BCUT2D eigenvalue weighted by Gasteiger charge is -2.17. The fraction of sp³-hybridized carbons (Fsp3) is 0.600. The van der Waals surface area contributed by atoms with Gasteiger partial charge in [-0.3, -0.25) is 14.3 Å². The standard InChI is InChI=1S/C10H13N5O4/c1-5-3-15(10(18)12-8(5)17)9-7(13-14-11)2-6(4-16)19-9/h3,6-7,9,16H,2,4H2,1H3,(H,12,17,18). The van der Waals surface area contributed by atoms with E-state index in [-0.39, 0.29) is 6.61 Å². The molecule has 0 amide bonds. The second-order valence-corrected chi connectivity index (χ2v) is 4.32. The summed E-state index contributed by atoms with van der Waals surface area (Å²) in [6.45, 7) is 1.32. The summed E-state index contributed by atoms with van der Waals surface area (Å²) in [6.07, 6.45) is 0.345. The van der Waals surface area contributed by atoms with Gasteiger partial charge in [0, 0.05) is 16.7 Å². The van der Waals surface area contributed by atoms with Crippen molar-refractivity contribution < 1.29 is 9.84 Å². The molecule has 1 aromatic rings. The van der Waals surface area contributed by atoms with Crippen LogP contribution in [0.25, 0.3) is 10.4 Å². The first-order valence-corrected chi connectivity index (χ1v) is 5.69. The van der Waals surface area contributed by atoms with Crippen molar-refractivity contribution >= 4 is 0 Å². The van der Waals surface area contributed by atoms with E-state index < -0.39 is 29.6 Å². The minimum Gasteiger partial charge on any atom is -0.394 e. The van der Waals surface area contributed by atoms with E-state index in [1.807, 2.05) is 0 Å². The van der Waals surface area contributed by atoms with Gasteiger partial charge in [0.15, 0.2) is 0 Å². The summed E-state index contributed by atoms with van der Waals surface area (Å²) < 4.78 is 6.64. The third-order valence-corrected chi connectivity index (χ3v) is 2.99. The molecular weight excluding hydrogens is 254 g/mol. The summed E-state index contributed by atoms with van der Waals surface area (Å²) in [5.41, 5.74) is 7.74. The van der Waals surface area contributed by atoms with Crippen LogP contribution in [0.15, 0.2) is 20.9 Å². The Bertz CT molecular complexity index is 630. The number of ether oxygens (including phenoxy) is 1. The Morgan fingerprint density at radius 2 is 2.42 bits per heavy atom. The minimum absolute atomic E-state index is 0.231. The zero-order chi connectivity index (χ0) is 14.0. The molecule has 1 fully saturated rings. The number of rotatable bonds is 3. The number of aliphatic hydroxyl groups excluding tert-OH is 1. The summed E-state index contributed by atoms with van der Waals surface area (Å²) in [6, 6.07) is -0.606. The van der Waals surface area contributed by atoms with Gasteiger partial charge in [-0.15, -0.1) is 0 Å². The van der Waals surface area contributed by atoms with Gasteiger partial charge in [-0.1, -0.05) is 5.11 Å². The molecule has 0 spiro atoms. The van der Waals surface area contributed by atoms with Gasteiger partial charge in [0.1, 0.15) is 6.23 Å². The fourth-order valence-corrected chi connectivity index (χ4v) is 2.04. The molecule has 1 saturated heterocycles. The van der Waals surface area contributed by atoms with Crippen molar-refractivity contribution in [1.29, 1.82) is 0 Å². The molecule has 1 aliphatic rings. The van der Waals surface area contributed by atoms with E-state index in [1.165, 1.54) is 10.8 Å². The summed E-state index contributed by atoms with van der Waals surface area (Å²) in [5, 5.41) is 12.6. The first-order valence-electron chi connectivity index (χ1n) is 5.69. The van der Waals surface area contributed by atoms with Crippen LogP contribution >= 0.6 is 0 Å². The highest BCUT2D eigenvalue weighted by atomic mass is 16.5. The molecule has 0 bridgehead atoms. The number of aliphatic hydroxyl groups is 1. The molecule has 1 aromatic heterocycles. The van der Waals surface area contributed by atoms with Gasteiger partial charge in [-0.25, -0.2) is 4.79 Å². The van der Waals surface area contributed by atoms with E-state index in [2.05, 4.69) is 15.0 Å². The Morgan fingerprint density at radius 1 is 1.68 bits per heavy atom. The SMILES string of the molecule is Cc1cn(C2OC(CO)CC2N=[N+]=[N-])c(=O)[nH]c1=O. The molecule has 1 aliphatic heterocycles. The third kappa shape index (κ3) is 2.53. The summed E-state index contributed by atoms with van der Waals surface area (Å²) in [4.78, 5) is 27.9. The molecule has 9 heteroatoms. The number of hydrogen-bond acceptors (Lipinski definition) is 5. The van der Waals surface area contributed by atoms with Crippen molar-refractivity contribution in [2.75, 3.05) is 6.61 Å². The number of hydrogen-bond donors (Lipinski definition) is 2. The highest BCUT2D eigenvalue weighted by Gasteiger charge is 2.36. The monoisotopic (exact) mass is 267 g/mol. The Balaban J connectivity index is 2.44. The van der Waals surface area contributed by atoms with Crippen molar-refractivity contribution in [2.45, 2.75) is 31.7 Å². The molecule has 2 rings (SSSR count). The second kappa shape index (κ2) is 5.27. The summed E-state index contributed by atoms with van der Waals surface area (Å²) >= 11 is 0. The summed E-state index contributed by atoms with van der Waals surface area (Å²) in [7, 11) is 0. The lowest BCUT2D eigenvalue weighted by atomic mass is 10.1.